The lowest BCUT2D eigenvalue weighted by Gasteiger charge is -2.18. The molecule has 2 aromatic rings. The topological polar surface area (TPSA) is 83.1 Å². The van der Waals surface area contributed by atoms with Gasteiger partial charge in [-0.1, -0.05) is 12.1 Å². The second kappa shape index (κ2) is 9.64. The van der Waals surface area contributed by atoms with Gasteiger partial charge in [-0.3, -0.25) is 4.79 Å². The zero-order chi connectivity index (χ0) is 20.7. The van der Waals surface area contributed by atoms with Gasteiger partial charge in [0.05, 0.1) is 14.2 Å². The molecule has 0 saturated carbocycles. The van der Waals surface area contributed by atoms with Crippen molar-refractivity contribution in [2.24, 2.45) is 0 Å². The Kier molecular flexibility index (Phi) is 7.26. The Morgan fingerprint density at radius 3 is 2.29 bits per heavy atom. The molecule has 0 aliphatic heterocycles. The van der Waals surface area contributed by atoms with Gasteiger partial charge in [0.1, 0.15) is 5.75 Å². The highest BCUT2D eigenvalue weighted by molar-refractivity contribution is 5.95. The van der Waals surface area contributed by atoms with Crippen LogP contribution in [0.2, 0.25) is 0 Å². The van der Waals surface area contributed by atoms with E-state index in [-0.39, 0.29) is 0 Å². The van der Waals surface area contributed by atoms with Crippen LogP contribution in [-0.4, -0.2) is 38.3 Å². The molecule has 7 nitrogen and oxygen atoms in total. The summed E-state index contributed by atoms with van der Waals surface area (Å²) in [6, 6.07) is 12.3. The maximum absolute atomic E-state index is 12.3. The Hall–Kier alpha value is -3.22. The minimum absolute atomic E-state index is 0.469. The van der Waals surface area contributed by atoms with Crippen LogP contribution in [0.15, 0.2) is 42.5 Å². The molecule has 2 aromatic carbocycles. The van der Waals surface area contributed by atoms with Crippen LogP contribution in [0.4, 0.5) is 5.69 Å². The Bertz CT molecular complexity index is 835. The zero-order valence-corrected chi connectivity index (χ0v) is 16.6. The van der Waals surface area contributed by atoms with Gasteiger partial charge in [-0.05, 0) is 50.6 Å². The fourth-order valence-electron chi connectivity index (χ4n) is 2.42. The number of nitrogens with one attached hydrogen (secondary N) is 1. The first-order valence-corrected chi connectivity index (χ1v) is 8.80. The number of carbonyl (C=O) groups is 2. The summed E-state index contributed by atoms with van der Waals surface area (Å²) in [7, 11) is 3.03. The quantitative estimate of drug-likeness (QED) is 0.700. The number of carbonyl (C=O) groups excluding carboxylic acids is 2. The molecule has 28 heavy (non-hydrogen) atoms. The van der Waals surface area contributed by atoms with E-state index in [2.05, 4.69) is 5.32 Å². The zero-order valence-electron chi connectivity index (χ0n) is 16.6. The van der Waals surface area contributed by atoms with Gasteiger partial charge in [-0.2, -0.15) is 0 Å². The summed E-state index contributed by atoms with van der Waals surface area (Å²) in [5.41, 5.74) is 1.51. The third-order valence-corrected chi connectivity index (χ3v) is 3.95. The fraction of sp³-hybridized carbons (Fsp3) is 0.333. The Morgan fingerprint density at radius 2 is 1.64 bits per heavy atom. The summed E-state index contributed by atoms with van der Waals surface area (Å²) in [4.78, 5) is 24.5. The standard InChI is InChI=1S/C21H25NO6/c1-13-7-6-8-17(11-13)27-15(3)21(24)28-14(2)20(23)22-16-9-10-18(25-4)19(12-16)26-5/h6-12,14-15H,1-5H3,(H,22,23)/t14-,15+/m1/s1. The van der Waals surface area contributed by atoms with Gasteiger partial charge in [-0.15, -0.1) is 0 Å². The lowest BCUT2D eigenvalue weighted by molar-refractivity contribution is -0.159. The number of anilines is 1. The summed E-state index contributed by atoms with van der Waals surface area (Å²) >= 11 is 0. The highest BCUT2D eigenvalue weighted by Crippen LogP contribution is 2.29. The third kappa shape index (κ3) is 5.64. The summed E-state index contributed by atoms with van der Waals surface area (Å²) in [6.07, 6.45) is -1.85. The highest BCUT2D eigenvalue weighted by atomic mass is 16.6. The van der Waals surface area contributed by atoms with E-state index in [1.807, 2.05) is 25.1 Å². The van der Waals surface area contributed by atoms with Crippen LogP contribution in [0, 0.1) is 6.92 Å². The molecule has 0 bridgehead atoms. The van der Waals surface area contributed by atoms with Crippen LogP contribution >= 0.6 is 0 Å². The number of methoxy groups -OCH3 is 2. The first-order valence-electron chi connectivity index (χ1n) is 8.80. The summed E-state index contributed by atoms with van der Waals surface area (Å²) < 4.78 is 21.2. The number of hydrogen-bond acceptors (Lipinski definition) is 6. The van der Waals surface area contributed by atoms with E-state index >= 15 is 0 Å². The molecule has 0 saturated heterocycles. The monoisotopic (exact) mass is 387 g/mol. The number of benzene rings is 2. The van der Waals surface area contributed by atoms with Crippen molar-refractivity contribution in [3.05, 3.63) is 48.0 Å². The van der Waals surface area contributed by atoms with Gasteiger partial charge in [0.2, 0.25) is 0 Å². The maximum Gasteiger partial charge on any atom is 0.347 e. The third-order valence-electron chi connectivity index (χ3n) is 3.95. The Balaban J connectivity index is 1.93. The van der Waals surface area contributed by atoms with E-state index in [9.17, 15) is 9.59 Å². The largest absolute Gasteiger partial charge is 0.493 e. The summed E-state index contributed by atoms with van der Waals surface area (Å²) in [5, 5.41) is 2.68. The smallest absolute Gasteiger partial charge is 0.347 e. The van der Waals surface area contributed by atoms with Crippen LogP contribution in [0.5, 0.6) is 17.2 Å². The van der Waals surface area contributed by atoms with Crippen molar-refractivity contribution in [2.45, 2.75) is 33.0 Å². The average molecular weight is 387 g/mol. The van der Waals surface area contributed by atoms with E-state index in [0.29, 0.717) is 22.9 Å². The van der Waals surface area contributed by atoms with Crippen LogP contribution in [0.1, 0.15) is 19.4 Å². The second-order valence-electron chi connectivity index (χ2n) is 6.21. The Labute approximate surface area is 164 Å². The van der Waals surface area contributed by atoms with Crippen LogP contribution in [0.3, 0.4) is 0 Å². The van der Waals surface area contributed by atoms with Gasteiger partial charge >= 0.3 is 5.97 Å². The lowest BCUT2D eigenvalue weighted by atomic mass is 10.2. The van der Waals surface area contributed by atoms with Crippen molar-refractivity contribution in [1.29, 1.82) is 0 Å². The van der Waals surface area contributed by atoms with Gasteiger partial charge in [0.15, 0.2) is 23.7 Å². The number of rotatable bonds is 8. The first-order chi connectivity index (χ1) is 13.3. The number of hydrogen-bond donors (Lipinski definition) is 1. The van der Waals surface area contributed by atoms with Crippen molar-refractivity contribution < 1.29 is 28.5 Å². The van der Waals surface area contributed by atoms with Crippen LogP contribution in [-0.2, 0) is 14.3 Å². The molecule has 1 amide bonds. The van der Waals surface area contributed by atoms with Gasteiger partial charge in [-0.25, -0.2) is 4.79 Å². The fourth-order valence-corrected chi connectivity index (χ4v) is 2.42. The molecule has 0 fully saturated rings. The molecule has 150 valence electrons. The van der Waals surface area contributed by atoms with E-state index in [0.717, 1.165) is 5.56 Å². The molecule has 0 aromatic heterocycles. The molecular formula is C21H25NO6. The predicted octanol–water partition coefficient (Wildman–Crippen LogP) is 3.35. The molecule has 0 radical (unpaired) electrons. The van der Waals surface area contributed by atoms with Gasteiger partial charge < -0.3 is 24.3 Å². The molecule has 0 aliphatic rings. The molecule has 1 N–H and O–H groups in total. The van der Waals surface area contributed by atoms with Crippen molar-refractivity contribution in [3.8, 4) is 17.2 Å². The molecule has 2 atom stereocenters. The molecular weight excluding hydrogens is 362 g/mol. The van der Waals surface area contributed by atoms with Crippen molar-refractivity contribution in [1.82, 2.24) is 0 Å². The minimum Gasteiger partial charge on any atom is -0.493 e. The minimum atomic E-state index is -0.996. The van der Waals surface area contributed by atoms with E-state index in [1.54, 1.807) is 31.2 Å². The lowest BCUT2D eigenvalue weighted by Crippen LogP contribution is -2.35. The summed E-state index contributed by atoms with van der Waals surface area (Å²) in [5.74, 6) is 0.485. The molecule has 0 aliphatic carbocycles. The molecule has 0 unspecified atom stereocenters. The van der Waals surface area contributed by atoms with E-state index < -0.39 is 24.1 Å². The second-order valence-corrected chi connectivity index (χ2v) is 6.21. The van der Waals surface area contributed by atoms with Crippen molar-refractivity contribution in [2.75, 3.05) is 19.5 Å². The normalized spacial score (nSPS) is 12.5. The number of ether oxygens (including phenoxy) is 4. The number of aryl methyl sites for hydroxylation is 1. The van der Waals surface area contributed by atoms with Crippen LogP contribution < -0.4 is 19.5 Å². The van der Waals surface area contributed by atoms with E-state index in [1.165, 1.54) is 21.1 Å². The Morgan fingerprint density at radius 1 is 0.929 bits per heavy atom. The first kappa shape index (κ1) is 21.1. The van der Waals surface area contributed by atoms with Crippen molar-refractivity contribution >= 4 is 17.6 Å². The molecule has 0 spiro atoms. The van der Waals surface area contributed by atoms with Crippen LogP contribution in [0.25, 0.3) is 0 Å². The molecule has 2 rings (SSSR count). The van der Waals surface area contributed by atoms with Crippen molar-refractivity contribution in [3.63, 3.8) is 0 Å². The van der Waals surface area contributed by atoms with Gasteiger partial charge in [0, 0.05) is 11.8 Å². The van der Waals surface area contributed by atoms with Gasteiger partial charge in [0.25, 0.3) is 5.91 Å². The number of amides is 1. The SMILES string of the molecule is COc1ccc(NC(=O)[C@@H](C)OC(=O)[C@H](C)Oc2cccc(C)c2)cc1OC. The number of esters is 1. The summed E-state index contributed by atoms with van der Waals surface area (Å²) in [6.45, 7) is 4.99. The highest BCUT2D eigenvalue weighted by Gasteiger charge is 2.23. The van der Waals surface area contributed by atoms with E-state index in [4.69, 9.17) is 18.9 Å². The molecule has 0 heterocycles. The average Bonchev–Trinajstić information content (AvgIpc) is 2.67. The molecule has 7 heteroatoms. The predicted molar refractivity (Wildman–Crippen MR) is 105 cm³/mol. The maximum atomic E-state index is 12.3.